The summed E-state index contributed by atoms with van der Waals surface area (Å²) in [6.45, 7) is 6.01. The summed E-state index contributed by atoms with van der Waals surface area (Å²) in [6, 6.07) is 23.3. The largest absolute Gasteiger partial charge is 0.457 e. The highest BCUT2D eigenvalue weighted by atomic mass is 32.1. The summed E-state index contributed by atoms with van der Waals surface area (Å²) in [5.74, 6) is 1.47. The molecule has 0 aliphatic rings. The number of carbonyl (C=O) groups excluding carboxylic acids is 1. The SMILES string of the molecule is Cc1cc(C)c2oc(-c3cccc(NC(=S)NC(=O)/C=C/c4ccc(-c5ccccc5)o4)c3C)nc2c1. The van der Waals surface area contributed by atoms with Gasteiger partial charge in [0.05, 0.1) is 0 Å². The van der Waals surface area contributed by atoms with E-state index in [0.29, 0.717) is 11.7 Å². The standard InChI is InChI=1S/C30H25N3O3S/c1-18-16-19(2)28-25(17-18)31-29(36-28)23-10-7-11-24(20(23)3)32-30(37)33-27(34)15-13-22-12-14-26(35-22)21-8-5-4-6-9-21/h4-17H,1-3H3,(H2,32,33,34,37)/b15-13+. The van der Waals surface area contributed by atoms with E-state index in [0.717, 1.165) is 50.4 Å². The molecule has 0 aliphatic heterocycles. The minimum atomic E-state index is -0.367. The Morgan fingerprint density at radius 3 is 2.57 bits per heavy atom. The molecule has 0 aliphatic carbocycles. The molecule has 6 nitrogen and oxygen atoms in total. The third-order valence-electron chi connectivity index (χ3n) is 5.95. The number of nitrogens with zero attached hydrogens (tertiary/aromatic N) is 1. The van der Waals surface area contributed by atoms with Crippen molar-refractivity contribution in [3.05, 3.63) is 101 Å². The third kappa shape index (κ3) is 5.37. The van der Waals surface area contributed by atoms with Crippen LogP contribution in [0.5, 0.6) is 0 Å². The van der Waals surface area contributed by atoms with Crippen LogP contribution in [-0.4, -0.2) is 16.0 Å². The Hall–Kier alpha value is -4.49. The molecular formula is C30H25N3O3S. The summed E-state index contributed by atoms with van der Waals surface area (Å²) in [4.78, 5) is 17.1. The van der Waals surface area contributed by atoms with Crippen LogP contribution in [-0.2, 0) is 4.79 Å². The lowest BCUT2D eigenvalue weighted by atomic mass is 10.1. The number of rotatable bonds is 5. The fraction of sp³-hybridized carbons (Fsp3) is 0.100. The number of fused-ring (bicyclic) bond motifs is 1. The van der Waals surface area contributed by atoms with Gasteiger partial charge in [0.25, 0.3) is 0 Å². The summed E-state index contributed by atoms with van der Waals surface area (Å²) in [7, 11) is 0. The van der Waals surface area contributed by atoms with E-state index in [1.165, 1.54) is 6.08 Å². The van der Waals surface area contributed by atoms with Crippen LogP contribution in [0.3, 0.4) is 0 Å². The Morgan fingerprint density at radius 1 is 0.946 bits per heavy atom. The number of hydrogen-bond acceptors (Lipinski definition) is 5. The summed E-state index contributed by atoms with van der Waals surface area (Å²) in [6.07, 6.45) is 2.99. The Balaban J connectivity index is 1.26. The van der Waals surface area contributed by atoms with E-state index in [9.17, 15) is 4.79 Å². The lowest BCUT2D eigenvalue weighted by molar-refractivity contribution is -0.115. The summed E-state index contributed by atoms with van der Waals surface area (Å²) in [5.41, 5.74) is 7.25. The highest BCUT2D eigenvalue weighted by Crippen LogP contribution is 2.32. The van der Waals surface area contributed by atoms with Crippen molar-refractivity contribution in [2.45, 2.75) is 20.8 Å². The Labute approximate surface area is 220 Å². The van der Waals surface area contributed by atoms with E-state index >= 15 is 0 Å². The van der Waals surface area contributed by atoms with Crippen molar-refractivity contribution >= 4 is 46.1 Å². The zero-order chi connectivity index (χ0) is 25.9. The maximum absolute atomic E-state index is 12.4. The van der Waals surface area contributed by atoms with Gasteiger partial charge in [-0.1, -0.05) is 42.5 Å². The smallest absolute Gasteiger partial charge is 0.250 e. The van der Waals surface area contributed by atoms with Gasteiger partial charge >= 0.3 is 0 Å². The summed E-state index contributed by atoms with van der Waals surface area (Å²) < 4.78 is 11.9. The normalized spacial score (nSPS) is 11.2. The van der Waals surface area contributed by atoms with E-state index < -0.39 is 0 Å². The van der Waals surface area contributed by atoms with Gasteiger partial charge in [-0.05, 0) is 86.1 Å². The zero-order valence-electron chi connectivity index (χ0n) is 20.7. The maximum Gasteiger partial charge on any atom is 0.250 e. The molecule has 0 fully saturated rings. The predicted molar refractivity (Wildman–Crippen MR) is 151 cm³/mol. The number of carbonyl (C=O) groups is 1. The van der Waals surface area contributed by atoms with Gasteiger partial charge in [0, 0.05) is 22.9 Å². The third-order valence-corrected chi connectivity index (χ3v) is 6.16. The topological polar surface area (TPSA) is 80.3 Å². The molecule has 3 aromatic carbocycles. The molecule has 184 valence electrons. The second kappa shape index (κ2) is 10.2. The van der Waals surface area contributed by atoms with Crippen molar-refractivity contribution in [3.63, 3.8) is 0 Å². The molecule has 0 atom stereocenters. The van der Waals surface area contributed by atoms with Gasteiger partial charge in [-0.15, -0.1) is 0 Å². The van der Waals surface area contributed by atoms with Crippen LogP contribution in [0.2, 0.25) is 0 Å². The van der Waals surface area contributed by atoms with Crippen molar-refractivity contribution < 1.29 is 13.6 Å². The lowest BCUT2D eigenvalue weighted by Crippen LogP contribution is -2.33. The number of nitrogens with one attached hydrogen (secondary N) is 2. The van der Waals surface area contributed by atoms with Crippen molar-refractivity contribution in [1.82, 2.24) is 10.3 Å². The molecule has 5 aromatic rings. The van der Waals surface area contributed by atoms with Crippen LogP contribution < -0.4 is 10.6 Å². The Bertz CT molecular complexity index is 1650. The average molecular weight is 508 g/mol. The number of furan rings is 1. The molecule has 0 saturated heterocycles. The number of thiocarbonyl (C=S) groups is 1. The molecule has 7 heteroatoms. The quantitative estimate of drug-likeness (QED) is 0.193. The van der Waals surface area contributed by atoms with Crippen LogP contribution >= 0.6 is 12.2 Å². The molecule has 0 bridgehead atoms. The highest BCUT2D eigenvalue weighted by molar-refractivity contribution is 7.80. The maximum atomic E-state index is 12.4. The van der Waals surface area contributed by atoms with Crippen LogP contribution in [0.1, 0.15) is 22.5 Å². The first-order chi connectivity index (χ1) is 17.9. The summed E-state index contributed by atoms with van der Waals surface area (Å²) >= 11 is 5.38. The van der Waals surface area contributed by atoms with Crippen LogP contribution in [0, 0.1) is 20.8 Å². The van der Waals surface area contributed by atoms with Crippen LogP contribution in [0.4, 0.5) is 5.69 Å². The molecule has 2 aromatic heterocycles. The van der Waals surface area contributed by atoms with Crippen molar-refractivity contribution in [2.75, 3.05) is 5.32 Å². The van der Waals surface area contributed by atoms with Gasteiger partial charge in [0.2, 0.25) is 11.8 Å². The molecule has 0 unspecified atom stereocenters. The first-order valence-electron chi connectivity index (χ1n) is 11.8. The van der Waals surface area contributed by atoms with Crippen LogP contribution in [0.15, 0.2) is 87.7 Å². The minimum absolute atomic E-state index is 0.184. The van der Waals surface area contributed by atoms with E-state index in [1.807, 2.05) is 87.5 Å². The van der Waals surface area contributed by atoms with Gasteiger partial charge in [-0.2, -0.15) is 0 Å². The van der Waals surface area contributed by atoms with E-state index in [2.05, 4.69) is 16.7 Å². The number of aromatic nitrogens is 1. The Kier molecular flexibility index (Phi) is 6.70. The number of hydrogen-bond donors (Lipinski definition) is 2. The molecule has 37 heavy (non-hydrogen) atoms. The van der Waals surface area contributed by atoms with Gasteiger partial charge in [0.15, 0.2) is 10.7 Å². The van der Waals surface area contributed by atoms with Crippen molar-refractivity contribution in [2.24, 2.45) is 0 Å². The number of benzene rings is 3. The number of oxazole rings is 1. The molecular weight excluding hydrogens is 482 g/mol. The molecule has 5 rings (SSSR count). The van der Waals surface area contributed by atoms with Crippen LogP contribution in [0.25, 0.3) is 40.0 Å². The predicted octanol–water partition coefficient (Wildman–Crippen LogP) is 7.21. The number of anilines is 1. The monoisotopic (exact) mass is 507 g/mol. The fourth-order valence-corrected chi connectivity index (χ4v) is 4.37. The first-order valence-corrected chi connectivity index (χ1v) is 12.2. The number of aryl methyl sites for hydroxylation is 2. The minimum Gasteiger partial charge on any atom is -0.457 e. The van der Waals surface area contributed by atoms with E-state index in [-0.39, 0.29) is 11.0 Å². The molecule has 0 saturated carbocycles. The highest BCUT2D eigenvalue weighted by Gasteiger charge is 2.15. The van der Waals surface area contributed by atoms with Gasteiger partial charge < -0.3 is 14.2 Å². The van der Waals surface area contributed by atoms with E-state index in [4.69, 9.17) is 26.0 Å². The van der Waals surface area contributed by atoms with E-state index in [1.54, 1.807) is 6.08 Å². The molecule has 1 amide bonds. The summed E-state index contributed by atoms with van der Waals surface area (Å²) in [5, 5.41) is 5.96. The van der Waals surface area contributed by atoms with Gasteiger partial charge in [-0.25, -0.2) is 4.98 Å². The first kappa shape index (κ1) is 24.2. The molecule has 2 heterocycles. The lowest BCUT2D eigenvalue weighted by Gasteiger charge is -2.12. The van der Waals surface area contributed by atoms with Gasteiger partial charge in [0.1, 0.15) is 17.0 Å². The molecule has 2 N–H and O–H groups in total. The molecule has 0 radical (unpaired) electrons. The van der Waals surface area contributed by atoms with Crippen molar-refractivity contribution in [3.8, 4) is 22.8 Å². The fourth-order valence-electron chi connectivity index (χ4n) is 4.16. The second-order valence-electron chi connectivity index (χ2n) is 8.77. The van der Waals surface area contributed by atoms with Gasteiger partial charge in [-0.3, -0.25) is 10.1 Å². The second-order valence-corrected chi connectivity index (χ2v) is 9.18. The number of amides is 1. The molecule has 0 spiro atoms. The van der Waals surface area contributed by atoms with Crippen molar-refractivity contribution in [1.29, 1.82) is 0 Å². The average Bonchev–Trinajstić information content (AvgIpc) is 3.52. The Morgan fingerprint density at radius 2 is 1.76 bits per heavy atom. The zero-order valence-corrected chi connectivity index (χ0v) is 21.5.